The molecule has 2 aromatic rings. The van der Waals surface area contributed by atoms with E-state index in [0.717, 1.165) is 12.3 Å². The van der Waals surface area contributed by atoms with Crippen LogP contribution in [0.4, 0.5) is 11.4 Å². The van der Waals surface area contributed by atoms with Crippen molar-refractivity contribution in [1.82, 2.24) is 0 Å². The number of benzene rings is 2. The van der Waals surface area contributed by atoms with Crippen molar-refractivity contribution < 1.29 is 17.8 Å². The molecule has 0 unspecified atom stereocenters. The van der Waals surface area contributed by atoms with Crippen LogP contribution in [0.5, 0.6) is 0 Å². The van der Waals surface area contributed by atoms with Crippen LogP contribution in [0.15, 0.2) is 59.1 Å². The number of hydrogen-bond donors (Lipinski definition) is 3. The Morgan fingerprint density at radius 3 is 2.46 bits per heavy atom. The third-order valence-corrected chi connectivity index (χ3v) is 4.65. The van der Waals surface area contributed by atoms with Gasteiger partial charge in [-0.05, 0) is 36.4 Å². The molecule has 2 aromatic carbocycles. The molecule has 134 valence electrons. The van der Waals surface area contributed by atoms with Crippen LogP contribution in [0.1, 0.15) is 0 Å². The highest BCUT2D eigenvalue weighted by molar-refractivity contribution is 7.85. The Hall–Kier alpha value is -2.57. The van der Waals surface area contributed by atoms with Gasteiger partial charge >= 0.3 is 0 Å². The highest BCUT2D eigenvalue weighted by Crippen LogP contribution is 2.25. The molecule has 26 heavy (non-hydrogen) atoms. The normalized spacial score (nSPS) is 11.5. The number of nitriles is 1. The van der Waals surface area contributed by atoms with Gasteiger partial charge in [0, 0.05) is 17.6 Å². The van der Waals surface area contributed by atoms with E-state index in [1.807, 2.05) is 0 Å². The Morgan fingerprint density at radius 1 is 1.12 bits per heavy atom. The number of halogens is 2. The van der Waals surface area contributed by atoms with E-state index in [1.165, 1.54) is 36.4 Å². The van der Waals surface area contributed by atoms with Gasteiger partial charge in [-0.2, -0.15) is 13.7 Å². The van der Waals surface area contributed by atoms with Gasteiger partial charge in [0.15, 0.2) is 0 Å². The topological polar surface area (TPSA) is 119 Å². The molecule has 3 N–H and O–H groups in total. The summed E-state index contributed by atoms with van der Waals surface area (Å²) in [5.41, 5.74) is 0.336. The van der Waals surface area contributed by atoms with E-state index in [4.69, 9.17) is 33.0 Å². The maximum absolute atomic E-state index is 12.1. The molecule has 0 radical (unpaired) electrons. The summed E-state index contributed by atoms with van der Waals surface area (Å²) in [4.78, 5) is 11.8. The molecule has 10 heteroatoms. The minimum atomic E-state index is -4.36. The molecule has 0 fully saturated rings. The average molecular weight is 412 g/mol. The van der Waals surface area contributed by atoms with Crippen molar-refractivity contribution in [3.8, 4) is 6.07 Å². The van der Waals surface area contributed by atoms with Crippen molar-refractivity contribution in [2.24, 2.45) is 0 Å². The number of rotatable bonds is 5. The third kappa shape index (κ3) is 5.21. The number of amides is 1. The lowest BCUT2D eigenvalue weighted by Crippen LogP contribution is -2.14. The van der Waals surface area contributed by atoms with Crippen molar-refractivity contribution >= 4 is 50.6 Å². The summed E-state index contributed by atoms with van der Waals surface area (Å²) >= 11 is 11.6. The Balaban J connectivity index is 2.16. The zero-order valence-electron chi connectivity index (χ0n) is 12.9. The zero-order chi connectivity index (χ0) is 19.3. The first-order chi connectivity index (χ1) is 12.2. The van der Waals surface area contributed by atoms with Gasteiger partial charge in [-0.3, -0.25) is 9.35 Å². The fourth-order valence-corrected chi connectivity index (χ4v) is 2.65. The maximum Gasteiger partial charge on any atom is 0.294 e. The maximum atomic E-state index is 12.1. The molecule has 0 aliphatic heterocycles. The van der Waals surface area contributed by atoms with Gasteiger partial charge < -0.3 is 10.6 Å². The number of anilines is 2. The van der Waals surface area contributed by atoms with Gasteiger partial charge in [0.1, 0.15) is 11.6 Å². The van der Waals surface area contributed by atoms with E-state index in [2.05, 4.69) is 10.6 Å². The predicted octanol–water partition coefficient (Wildman–Crippen LogP) is 3.70. The minimum Gasteiger partial charge on any atom is -0.360 e. The van der Waals surface area contributed by atoms with Crippen molar-refractivity contribution in [3.63, 3.8) is 0 Å². The third-order valence-electron chi connectivity index (χ3n) is 3.06. The first-order valence-corrected chi connectivity index (χ1v) is 9.11. The van der Waals surface area contributed by atoms with Gasteiger partial charge in [0.05, 0.1) is 14.9 Å². The van der Waals surface area contributed by atoms with Gasteiger partial charge in [0.25, 0.3) is 16.0 Å². The van der Waals surface area contributed by atoms with Crippen LogP contribution in [0, 0.1) is 11.3 Å². The van der Waals surface area contributed by atoms with Gasteiger partial charge in [-0.1, -0.05) is 29.3 Å². The number of carbonyl (C=O) groups is 1. The first kappa shape index (κ1) is 19.8. The van der Waals surface area contributed by atoms with Crippen LogP contribution in [0.3, 0.4) is 0 Å². The number of nitrogens with zero attached hydrogens (tertiary/aromatic N) is 1. The SMILES string of the molecule is N#C/C(=C/Nc1cccc(S(=O)(=O)O)c1)C(=O)Nc1ccc(Cl)c(Cl)c1. The summed E-state index contributed by atoms with van der Waals surface area (Å²) in [6.45, 7) is 0. The van der Waals surface area contributed by atoms with Crippen LogP contribution in [-0.4, -0.2) is 18.9 Å². The van der Waals surface area contributed by atoms with E-state index in [-0.39, 0.29) is 21.2 Å². The molecule has 0 heterocycles. The molecule has 0 bridgehead atoms. The monoisotopic (exact) mass is 411 g/mol. The molecule has 2 rings (SSSR count). The van der Waals surface area contributed by atoms with E-state index < -0.39 is 16.0 Å². The summed E-state index contributed by atoms with van der Waals surface area (Å²) in [6.07, 6.45) is 1.11. The van der Waals surface area contributed by atoms with Crippen LogP contribution < -0.4 is 10.6 Å². The van der Waals surface area contributed by atoms with Crippen molar-refractivity contribution in [1.29, 1.82) is 5.26 Å². The van der Waals surface area contributed by atoms with E-state index in [1.54, 1.807) is 6.07 Å². The molecule has 1 amide bonds. The standard InChI is InChI=1S/C16H11Cl2N3O4S/c17-14-5-4-12(7-15(14)18)21-16(22)10(8-19)9-20-11-2-1-3-13(6-11)26(23,24)25/h1-7,9,20H,(H,21,22)(H,23,24,25)/b10-9-. The smallest absolute Gasteiger partial charge is 0.294 e. The molecule has 0 atom stereocenters. The van der Waals surface area contributed by atoms with Crippen LogP contribution >= 0.6 is 23.2 Å². The molecule has 0 saturated heterocycles. The Bertz CT molecular complexity index is 1030. The van der Waals surface area contributed by atoms with Gasteiger partial charge in [0.2, 0.25) is 0 Å². The molecule has 0 spiro atoms. The molecule has 7 nitrogen and oxygen atoms in total. The zero-order valence-corrected chi connectivity index (χ0v) is 15.2. The van der Waals surface area contributed by atoms with Crippen LogP contribution in [0.2, 0.25) is 10.0 Å². The van der Waals surface area contributed by atoms with Crippen molar-refractivity contribution in [2.75, 3.05) is 10.6 Å². The van der Waals surface area contributed by atoms with Gasteiger partial charge in [-0.25, -0.2) is 0 Å². The average Bonchev–Trinajstić information content (AvgIpc) is 2.58. The lowest BCUT2D eigenvalue weighted by atomic mass is 10.2. The van der Waals surface area contributed by atoms with Gasteiger partial charge in [-0.15, -0.1) is 0 Å². The second-order valence-corrected chi connectivity index (χ2v) is 7.14. The largest absolute Gasteiger partial charge is 0.360 e. The fraction of sp³-hybridized carbons (Fsp3) is 0. The summed E-state index contributed by atoms with van der Waals surface area (Å²) in [5, 5.41) is 14.8. The first-order valence-electron chi connectivity index (χ1n) is 6.91. The Labute approximate surface area is 159 Å². The molecular weight excluding hydrogens is 401 g/mol. The number of hydrogen-bond acceptors (Lipinski definition) is 5. The van der Waals surface area contributed by atoms with E-state index in [0.29, 0.717) is 10.7 Å². The van der Waals surface area contributed by atoms with Crippen LogP contribution in [-0.2, 0) is 14.9 Å². The molecule has 0 aromatic heterocycles. The van der Waals surface area contributed by atoms with Crippen molar-refractivity contribution in [3.05, 3.63) is 64.3 Å². The quantitative estimate of drug-likeness (QED) is 0.391. The molecule has 0 aliphatic carbocycles. The lowest BCUT2D eigenvalue weighted by molar-refractivity contribution is -0.112. The van der Waals surface area contributed by atoms with Crippen molar-refractivity contribution in [2.45, 2.75) is 4.90 Å². The Kier molecular flexibility index (Phi) is 6.23. The molecule has 0 aliphatic rings. The Morgan fingerprint density at radius 2 is 1.85 bits per heavy atom. The number of carbonyl (C=O) groups excluding carboxylic acids is 1. The summed E-state index contributed by atoms with van der Waals surface area (Å²) in [6, 6.07) is 11.4. The van der Waals surface area contributed by atoms with Crippen LogP contribution in [0.25, 0.3) is 0 Å². The highest BCUT2D eigenvalue weighted by atomic mass is 35.5. The highest BCUT2D eigenvalue weighted by Gasteiger charge is 2.12. The van der Waals surface area contributed by atoms with E-state index >= 15 is 0 Å². The second kappa shape index (κ2) is 8.21. The predicted molar refractivity (Wildman–Crippen MR) is 98.7 cm³/mol. The summed E-state index contributed by atoms with van der Waals surface area (Å²) in [5.74, 6) is -0.704. The van der Waals surface area contributed by atoms with E-state index in [9.17, 15) is 13.2 Å². The number of nitrogens with one attached hydrogen (secondary N) is 2. The minimum absolute atomic E-state index is 0.243. The molecular formula is C16H11Cl2N3O4S. The lowest BCUT2D eigenvalue weighted by Gasteiger charge is -2.07. The molecule has 0 saturated carbocycles. The summed E-state index contributed by atoms with van der Waals surface area (Å²) in [7, 11) is -4.36. The summed E-state index contributed by atoms with van der Waals surface area (Å²) < 4.78 is 31.3. The second-order valence-electron chi connectivity index (χ2n) is 4.90. The fourth-order valence-electron chi connectivity index (χ4n) is 1.82.